The lowest BCUT2D eigenvalue weighted by Crippen LogP contribution is -2.33. The summed E-state index contributed by atoms with van der Waals surface area (Å²) in [5.74, 6) is -1.65. The molecule has 29 heavy (non-hydrogen) atoms. The van der Waals surface area contributed by atoms with Gasteiger partial charge in [-0.25, -0.2) is 14.2 Å². The highest BCUT2D eigenvalue weighted by atomic mass is 19.1. The van der Waals surface area contributed by atoms with E-state index in [0.29, 0.717) is 18.7 Å². The number of hydrogen-bond acceptors (Lipinski definition) is 5. The number of piperidine rings is 1. The largest absolute Gasteiger partial charge is 0.477 e. The summed E-state index contributed by atoms with van der Waals surface area (Å²) in [7, 11) is 1.92. The maximum Gasteiger partial charge on any atom is 0.341 e. The first kappa shape index (κ1) is 19.6. The van der Waals surface area contributed by atoms with Gasteiger partial charge in [-0.3, -0.25) is 4.79 Å². The van der Waals surface area contributed by atoms with Gasteiger partial charge >= 0.3 is 5.97 Å². The van der Waals surface area contributed by atoms with E-state index in [1.807, 2.05) is 11.9 Å². The fraction of sp³-hybridized carbons (Fsp3) is 0.476. The topological polar surface area (TPSA) is 87.5 Å². The van der Waals surface area contributed by atoms with Crippen LogP contribution in [0.3, 0.4) is 0 Å². The summed E-state index contributed by atoms with van der Waals surface area (Å²) < 4.78 is 16.7. The summed E-state index contributed by atoms with van der Waals surface area (Å²) in [6.07, 6.45) is 4.85. The maximum atomic E-state index is 14.9. The third-order valence-corrected chi connectivity index (χ3v) is 5.82. The van der Waals surface area contributed by atoms with Crippen LogP contribution in [0.25, 0.3) is 11.0 Å². The van der Waals surface area contributed by atoms with Crippen LogP contribution in [0.1, 0.15) is 49.0 Å². The number of fused-ring (bicyclic) bond motifs is 1. The van der Waals surface area contributed by atoms with Crippen molar-refractivity contribution in [3.8, 4) is 0 Å². The van der Waals surface area contributed by atoms with Crippen LogP contribution in [-0.2, 0) is 0 Å². The van der Waals surface area contributed by atoms with Crippen LogP contribution in [0.5, 0.6) is 0 Å². The number of carbonyl (C=O) groups is 1. The maximum absolute atomic E-state index is 14.9. The molecule has 3 heterocycles. The first-order valence-corrected chi connectivity index (χ1v) is 9.96. The molecule has 0 aromatic carbocycles. The van der Waals surface area contributed by atoms with Crippen LogP contribution >= 0.6 is 0 Å². The smallest absolute Gasteiger partial charge is 0.341 e. The molecule has 7 nitrogen and oxygen atoms in total. The Labute approximate surface area is 167 Å². The summed E-state index contributed by atoms with van der Waals surface area (Å²) in [6, 6.07) is 1.27. The van der Waals surface area contributed by atoms with E-state index in [2.05, 4.69) is 17.2 Å². The van der Waals surface area contributed by atoms with Gasteiger partial charge in [-0.2, -0.15) is 0 Å². The Hall–Kier alpha value is -2.74. The molecule has 2 N–H and O–H groups in total. The molecule has 1 saturated carbocycles. The Kier molecular flexibility index (Phi) is 5.12. The van der Waals surface area contributed by atoms with E-state index in [1.54, 1.807) is 4.57 Å². The lowest BCUT2D eigenvalue weighted by molar-refractivity contribution is 0.0695. The number of rotatable bonds is 5. The second kappa shape index (κ2) is 7.59. The number of carboxylic acids is 1. The fourth-order valence-electron chi connectivity index (χ4n) is 4.05. The first-order chi connectivity index (χ1) is 13.9. The number of carboxylic acid groups (broad SMARTS) is 1. The van der Waals surface area contributed by atoms with Gasteiger partial charge in [-0.05, 0) is 45.7 Å². The van der Waals surface area contributed by atoms with Crippen molar-refractivity contribution in [2.45, 2.75) is 38.6 Å². The number of anilines is 1. The molecule has 0 amide bonds. The quantitative estimate of drug-likeness (QED) is 0.751. The minimum atomic E-state index is -1.30. The molecule has 2 aliphatic rings. The van der Waals surface area contributed by atoms with E-state index in [9.17, 15) is 19.1 Å². The van der Waals surface area contributed by atoms with Crippen molar-refractivity contribution in [3.05, 3.63) is 45.0 Å². The molecule has 2 fully saturated rings. The second-order valence-corrected chi connectivity index (χ2v) is 7.88. The molecule has 4 rings (SSSR count). The summed E-state index contributed by atoms with van der Waals surface area (Å²) in [6.45, 7) is 4.28. The molecule has 154 valence electrons. The van der Waals surface area contributed by atoms with Crippen molar-refractivity contribution in [3.63, 3.8) is 0 Å². The van der Waals surface area contributed by atoms with E-state index < -0.39 is 17.2 Å². The summed E-state index contributed by atoms with van der Waals surface area (Å²) in [5.41, 5.74) is 2.05. The van der Waals surface area contributed by atoms with Crippen molar-refractivity contribution in [1.29, 1.82) is 0 Å². The molecule has 0 atom stereocenters. The summed E-state index contributed by atoms with van der Waals surface area (Å²) in [5, 5.41) is 12.5. The van der Waals surface area contributed by atoms with Crippen LogP contribution in [-0.4, -0.2) is 47.3 Å². The van der Waals surface area contributed by atoms with E-state index in [-0.39, 0.29) is 22.8 Å². The Morgan fingerprint density at radius 2 is 2.03 bits per heavy atom. The first-order valence-electron chi connectivity index (χ1n) is 9.96. The summed E-state index contributed by atoms with van der Waals surface area (Å²) >= 11 is 0. The SMILES string of the molecule is CNCC(C)=C1CCN(c2nc3c(cc2F)c(=O)c(C(=O)O)cn3C2CC2)CC1. The van der Waals surface area contributed by atoms with Gasteiger partial charge in [0.1, 0.15) is 11.2 Å². The number of pyridine rings is 2. The highest BCUT2D eigenvalue weighted by Gasteiger charge is 2.29. The Balaban J connectivity index is 1.74. The fourth-order valence-corrected chi connectivity index (χ4v) is 4.05. The van der Waals surface area contributed by atoms with Gasteiger partial charge in [0, 0.05) is 31.9 Å². The number of nitrogens with one attached hydrogen (secondary N) is 1. The molecule has 1 saturated heterocycles. The van der Waals surface area contributed by atoms with E-state index in [4.69, 9.17) is 0 Å². The number of halogens is 1. The molecular weight excluding hydrogens is 375 g/mol. The van der Waals surface area contributed by atoms with E-state index in [1.165, 1.54) is 17.3 Å². The van der Waals surface area contributed by atoms with Crippen LogP contribution in [0.4, 0.5) is 10.2 Å². The minimum Gasteiger partial charge on any atom is -0.477 e. The molecular formula is C21H25FN4O3. The minimum absolute atomic E-state index is 0.0282. The van der Waals surface area contributed by atoms with Gasteiger partial charge in [-0.15, -0.1) is 0 Å². The molecule has 0 bridgehead atoms. The standard InChI is InChI=1S/C21H25FN4O3/c1-12(10-23-2)13-5-7-25(8-6-13)20-17(22)9-15-18(27)16(21(28)29)11-26(14-3-4-14)19(15)24-20/h9,11,14,23H,3-8,10H2,1-2H3,(H,28,29). The zero-order valence-corrected chi connectivity index (χ0v) is 16.7. The Bertz CT molecular complexity index is 1060. The number of likely N-dealkylation sites (N-methyl/N-ethyl adjacent to an activating group) is 1. The number of hydrogen-bond donors (Lipinski definition) is 2. The molecule has 0 radical (unpaired) electrons. The Morgan fingerprint density at radius 1 is 1.34 bits per heavy atom. The van der Waals surface area contributed by atoms with Gasteiger partial charge in [-0.1, -0.05) is 11.1 Å². The average molecular weight is 400 g/mol. The number of aromatic nitrogens is 2. The van der Waals surface area contributed by atoms with Gasteiger partial charge in [0.25, 0.3) is 0 Å². The van der Waals surface area contributed by atoms with Gasteiger partial charge in [0.2, 0.25) is 5.43 Å². The Morgan fingerprint density at radius 3 is 2.62 bits per heavy atom. The zero-order valence-electron chi connectivity index (χ0n) is 16.7. The van der Waals surface area contributed by atoms with Crippen LogP contribution in [0.15, 0.2) is 28.2 Å². The third-order valence-electron chi connectivity index (χ3n) is 5.82. The van der Waals surface area contributed by atoms with Crippen molar-refractivity contribution in [2.75, 3.05) is 31.6 Å². The molecule has 2 aromatic rings. The normalized spacial score (nSPS) is 17.1. The van der Waals surface area contributed by atoms with Crippen LogP contribution in [0.2, 0.25) is 0 Å². The van der Waals surface area contributed by atoms with Crippen LogP contribution < -0.4 is 15.6 Å². The lowest BCUT2D eigenvalue weighted by atomic mass is 9.98. The molecule has 8 heteroatoms. The van der Waals surface area contributed by atoms with Crippen molar-refractivity contribution in [1.82, 2.24) is 14.9 Å². The highest BCUT2D eigenvalue weighted by Crippen LogP contribution is 2.37. The summed E-state index contributed by atoms with van der Waals surface area (Å²) in [4.78, 5) is 30.4. The van der Waals surface area contributed by atoms with E-state index >= 15 is 0 Å². The highest BCUT2D eigenvalue weighted by molar-refractivity contribution is 5.92. The molecule has 1 aliphatic carbocycles. The second-order valence-electron chi connectivity index (χ2n) is 7.88. The van der Waals surface area contributed by atoms with Crippen molar-refractivity contribution < 1.29 is 14.3 Å². The monoisotopic (exact) mass is 400 g/mol. The lowest BCUT2D eigenvalue weighted by Gasteiger charge is -2.31. The third kappa shape index (κ3) is 3.64. The van der Waals surface area contributed by atoms with Crippen LogP contribution in [0, 0.1) is 5.82 Å². The zero-order chi connectivity index (χ0) is 20.7. The molecule has 0 unspecified atom stereocenters. The predicted octanol–water partition coefficient (Wildman–Crippen LogP) is 2.70. The predicted molar refractivity (Wildman–Crippen MR) is 109 cm³/mol. The average Bonchev–Trinajstić information content (AvgIpc) is 3.53. The molecule has 0 spiro atoms. The van der Waals surface area contributed by atoms with Crippen molar-refractivity contribution in [2.24, 2.45) is 0 Å². The van der Waals surface area contributed by atoms with Gasteiger partial charge < -0.3 is 19.9 Å². The number of nitrogens with zero attached hydrogens (tertiary/aromatic N) is 3. The number of aromatic carboxylic acids is 1. The van der Waals surface area contributed by atoms with Gasteiger partial charge in [0.05, 0.1) is 5.39 Å². The van der Waals surface area contributed by atoms with Crippen molar-refractivity contribution >= 4 is 22.8 Å². The molecule has 2 aromatic heterocycles. The van der Waals surface area contributed by atoms with E-state index in [0.717, 1.165) is 38.3 Å². The molecule has 1 aliphatic heterocycles. The van der Waals surface area contributed by atoms with Gasteiger partial charge in [0.15, 0.2) is 11.6 Å².